The number of ether oxygens (including phenoxy) is 1. The van der Waals surface area contributed by atoms with Gasteiger partial charge in [0, 0.05) is 0 Å². The van der Waals surface area contributed by atoms with Crippen LogP contribution in [-0.4, -0.2) is 15.9 Å². The summed E-state index contributed by atoms with van der Waals surface area (Å²) in [5, 5.41) is 2.87. The first-order valence-corrected chi connectivity index (χ1v) is 9.30. The van der Waals surface area contributed by atoms with Gasteiger partial charge in [-0.1, -0.05) is 24.3 Å². The second-order valence-electron chi connectivity index (χ2n) is 6.89. The van der Waals surface area contributed by atoms with E-state index in [9.17, 15) is 14.4 Å². The Bertz CT molecular complexity index is 1170. The summed E-state index contributed by atoms with van der Waals surface area (Å²) < 4.78 is 5.89. The molecule has 0 spiro atoms. The second kappa shape index (κ2) is 7.67. The van der Waals surface area contributed by atoms with Gasteiger partial charge in [0.05, 0.1) is 6.04 Å². The number of anilines is 1. The molecule has 8 nitrogen and oxygen atoms in total. The Balaban J connectivity index is 1.56. The fraction of sp³-hybridized carbons (Fsp3) is 0.190. The lowest BCUT2D eigenvalue weighted by molar-refractivity contribution is 0.0928. The minimum atomic E-state index is -0.786. The fourth-order valence-corrected chi connectivity index (χ4v) is 3.53. The van der Waals surface area contributed by atoms with E-state index in [1.165, 1.54) is 0 Å². The summed E-state index contributed by atoms with van der Waals surface area (Å²) in [4.78, 5) is 40.0. The number of fused-ring (bicyclic) bond motifs is 1. The largest absolute Gasteiger partial charge is 0.457 e. The average Bonchev–Trinajstić information content (AvgIpc) is 2.71. The number of para-hydroxylation sites is 1. The van der Waals surface area contributed by atoms with Crippen LogP contribution in [0.2, 0.25) is 0 Å². The minimum absolute atomic E-state index is 0.227. The van der Waals surface area contributed by atoms with Gasteiger partial charge in [-0.05, 0) is 54.7 Å². The molecule has 1 aliphatic carbocycles. The van der Waals surface area contributed by atoms with Crippen molar-refractivity contribution in [2.24, 2.45) is 0 Å². The molecular formula is C21H20N4O4. The summed E-state index contributed by atoms with van der Waals surface area (Å²) in [6.07, 6.45) is 2.50. The Kier molecular flexibility index (Phi) is 4.90. The highest BCUT2D eigenvalue weighted by molar-refractivity contribution is 5.97. The molecule has 29 heavy (non-hydrogen) atoms. The molecule has 3 aromatic rings. The number of aryl methyl sites for hydroxylation is 1. The first-order chi connectivity index (χ1) is 14.0. The molecule has 0 saturated carbocycles. The SMILES string of the molecule is Nc1c(C(=O)NC2CCCc3cc(Oc4ccccc4)ccc32)[nH]c(=O)[nH]c1=O. The van der Waals surface area contributed by atoms with E-state index in [-0.39, 0.29) is 17.4 Å². The predicted octanol–water partition coefficient (Wildman–Crippen LogP) is 2.25. The van der Waals surface area contributed by atoms with E-state index in [1.54, 1.807) is 0 Å². The van der Waals surface area contributed by atoms with Gasteiger partial charge in [0.25, 0.3) is 11.5 Å². The Morgan fingerprint density at radius 1 is 1.07 bits per heavy atom. The van der Waals surface area contributed by atoms with Gasteiger partial charge in [0.15, 0.2) is 0 Å². The van der Waals surface area contributed by atoms with E-state index in [4.69, 9.17) is 10.5 Å². The van der Waals surface area contributed by atoms with Gasteiger partial charge < -0.3 is 20.8 Å². The van der Waals surface area contributed by atoms with Crippen LogP contribution in [0.25, 0.3) is 0 Å². The van der Waals surface area contributed by atoms with Crippen molar-refractivity contribution >= 4 is 11.6 Å². The maximum Gasteiger partial charge on any atom is 0.326 e. The Hall–Kier alpha value is -3.81. The number of aromatic amines is 2. The molecule has 0 saturated heterocycles. The van der Waals surface area contributed by atoms with Gasteiger partial charge in [-0.3, -0.25) is 14.6 Å². The molecule has 148 valence electrons. The molecule has 4 rings (SSSR count). The number of nitrogens with two attached hydrogens (primary N) is 1. The van der Waals surface area contributed by atoms with Gasteiger partial charge in [-0.25, -0.2) is 4.79 Å². The third kappa shape index (κ3) is 3.91. The summed E-state index contributed by atoms with van der Waals surface area (Å²) in [5.74, 6) is 0.889. The molecule has 1 atom stereocenters. The van der Waals surface area contributed by atoms with Crippen LogP contribution in [0.4, 0.5) is 5.69 Å². The van der Waals surface area contributed by atoms with Crippen molar-refractivity contribution < 1.29 is 9.53 Å². The van der Waals surface area contributed by atoms with E-state index in [0.717, 1.165) is 41.9 Å². The van der Waals surface area contributed by atoms with E-state index in [1.807, 2.05) is 53.5 Å². The van der Waals surface area contributed by atoms with Crippen molar-refractivity contribution in [3.8, 4) is 11.5 Å². The highest BCUT2D eigenvalue weighted by Crippen LogP contribution is 2.33. The summed E-state index contributed by atoms with van der Waals surface area (Å²) in [7, 11) is 0. The number of carbonyl (C=O) groups excluding carboxylic acids is 1. The monoisotopic (exact) mass is 392 g/mol. The lowest BCUT2D eigenvalue weighted by Gasteiger charge is -2.27. The van der Waals surface area contributed by atoms with E-state index >= 15 is 0 Å². The van der Waals surface area contributed by atoms with Crippen LogP contribution < -0.4 is 27.0 Å². The van der Waals surface area contributed by atoms with E-state index in [2.05, 4.69) is 10.3 Å². The van der Waals surface area contributed by atoms with Gasteiger partial charge in [0.2, 0.25) is 0 Å². The third-order valence-corrected chi connectivity index (χ3v) is 4.92. The van der Waals surface area contributed by atoms with Crippen LogP contribution in [0, 0.1) is 0 Å². The molecule has 1 amide bonds. The van der Waals surface area contributed by atoms with Crippen LogP contribution in [0.3, 0.4) is 0 Å². The number of aromatic nitrogens is 2. The molecule has 1 heterocycles. The van der Waals surface area contributed by atoms with Crippen LogP contribution in [0.1, 0.15) is 40.5 Å². The average molecular weight is 392 g/mol. The first kappa shape index (κ1) is 18.5. The van der Waals surface area contributed by atoms with Crippen molar-refractivity contribution in [3.05, 3.63) is 86.2 Å². The lowest BCUT2D eigenvalue weighted by Crippen LogP contribution is -2.36. The molecule has 0 aliphatic heterocycles. The summed E-state index contributed by atoms with van der Waals surface area (Å²) in [5.41, 5.74) is 5.62. The minimum Gasteiger partial charge on any atom is -0.457 e. The summed E-state index contributed by atoms with van der Waals surface area (Å²) in [6, 6.07) is 15.0. The lowest BCUT2D eigenvalue weighted by atomic mass is 9.87. The molecule has 0 radical (unpaired) electrons. The number of nitrogen functional groups attached to an aromatic ring is 1. The normalized spacial score (nSPS) is 15.4. The smallest absolute Gasteiger partial charge is 0.326 e. The van der Waals surface area contributed by atoms with Crippen molar-refractivity contribution in [2.75, 3.05) is 5.73 Å². The van der Waals surface area contributed by atoms with E-state index in [0.29, 0.717) is 0 Å². The predicted molar refractivity (Wildman–Crippen MR) is 108 cm³/mol. The molecule has 1 unspecified atom stereocenters. The molecule has 0 fully saturated rings. The number of hydrogen-bond donors (Lipinski definition) is 4. The van der Waals surface area contributed by atoms with Crippen LogP contribution >= 0.6 is 0 Å². The zero-order valence-corrected chi connectivity index (χ0v) is 15.5. The maximum atomic E-state index is 12.6. The van der Waals surface area contributed by atoms with Crippen molar-refractivity contribution in [1.29, 1.82) is 0 Å². The zero-order chi connectivity index (χ0) is 20.4. The second-order valence-corrected chi connectivity index (χ2v) is 6.89. The van der Waals surface area contributed by atoms with Gasteiger partial charge in [-0.15, -0.1) is 0 Å². The Morgan fingerprint density at radius 2 is 1.86 bits per heavy atom. The Labute approximate surface area is 165 Å². The molecule has 1 aromatic heterocycles. The van der Waals surface area contributed by atoms with Crippen LogP contribution in [0.5, 0.6) is 11.5 Å². The fourth-order valence-electron chi connectivity index (χ4n) is 3.53. The first-order valence-electron chi connectivity index (χ1n) is 9.30. The standard InChI is InChI=1S/C21H20N4O4/c22-17-18(24-21(28)25-19(17)26)20(27)23-16-8-4-5-12-11-14(9-10-15(12)16)29-13-6-2-1-3-7-13/h1-3,6-7,9-11,16H,4-5,8,22H2,(H,23,27)(H2,24,25,26,28). The number of nitrogens with one attached hydrogen (secondary N) is 3. The highest BCUT2D eigenvalue weighted by Gasteiger charge is 2.24. The molecule has 1 aliphatic rings. The zero-order valence-electron chi connectivity index (χ0n) is 15.5. The molecule has 0 bridgehead atoms. The van der Waals surface area contributed by atoms with Crippen molar-refractivity contribution in [1.82, 2.24) is 15.3 Å². The van der Waals surface area contributed by atoms with Crippen molar-refractivity contribution in [2.45, 2.75) is 25.3 Å². The van der Waals surface area contributed by atoms with Crippen LogP contribution in [-0.2, 0) is 6.42 Å². The summed E-state index contributed by atoms with van der Waals surface area (Å²) in [6.45, 7) is 0. The summed E-state index contributed by atoms with van der Waals surface area (Å²) >= 11 is 0. The molecule has 5 N–H and O–H groups in total. The van der Waals surface area contributed by atoms with Gasteiger partial charge in [-0.2, -0.15) is 0 Å². The number of amides is 1. The van der Waals surface area contributed by atoms with Crippen molar-refractivity contribution in [3.63, 3.8) is 0 Å². The van der Waals surface area contributed by atoms with Gasteiger partial charge >= 0.3 is 5.69 Å². The number of H-pyrrole nitrogens is 2. The number of hydrogen-bond acceptors (Lipinski definition) is 5. The maximum absolute atomic E-state index is 12.6. The number of rotatable bonds is 4. The third-order valence-electron chi connectivity index (χ3n) is 4.92. The molecular weight excluding hydrogens is 372 g/mol. The molecule has 8 heteroatoms. The molecule has 2 aromatic carbocycles. The Morgan fingerprint density at radius 3 is 2.66 bits per heavy atom. The highest BCUT2D eigenvalue weighted by atomic mass is 16.5. The van der Waals surface area contributed by atoms with Gasteiger partial charge in [0.1, 0.15) is 22.9 Å². The van der Waals surface area contributed by atoms with Crippen LogP contribution in [0.15, 0.2) is 58.1 Å². The van der Waals surface area contributed by atoms with E-state index < -0.39 is 17.2 Å². The topological polar surface area (TPSA) is 130 Å². The number of carbonyl (C=O) groups is 1. The number of benzene rings is 2. The quantitative estimate of drug-likeness (QED) is 0.541.